The first kappa shape index (κ1) is 29.2. The van der Waals surface area contributed by atoms with E-state index in [1.165, 1.54) is 0 Å². The number of carbonyl (C=O) groups excluding carboxylic acids is 3. The first-order valence-electron chi connectivity index (χ1n) is 2.72. The van der Waals surface area contributed by atoms with Crippen LogP contribution >= 0.6 is 0 Å². The summed E-state index contributed by atoms with van der Waals surface area (Å²) in [5, 5.41) is 26.7. The van der Waals surface area contributed by atoms with Crippen molar-refractivity contribution in [2.45, 2.75) is 20.8 Å². The van der Waals surface area contributed by atoms with Gasteiger partial charge in [-0.1, -0.05) is 0 Å². The molecule has 0 fully saturated rings. The van der Waals surface area contributed by atoms with Crippen LogP contribution in [0.5, 0.6) is 0 Å². The molecule has 0 aromatic carbocycles. The SMILES string of the molecule is CC(=O)[O-].CC(=O)[O-].CC(=O)[O-].[Al+3].[Cr]. The van der Waals surface area contributed by atoms with E-state index in [0.29, 0.717) is 0 Å². The summed E-state index contributed by atoms with van der Waals surface area (Å²) < 4.78 is 0. The molecule has 78 valence electrons. The molecule has 0 aliphatic carbocycles. The average Bonchev–Trinajstić information content (AvgIpc) is 1.54. The summed E-state index contributed by atoms with van der Waals surface area (Å²) in [6, 6.07) is 0. The smallest absolute Gasteiger partial charge is 0.550 e. The maximum atomic E-state index is 8.89. The van der Waals surface area contributed by atoms with Gasteiger partial charge in [-0.05, 0) is 20.8 Å². The number of rotatable bonds is 0. The van der Waals surface area contributed by atoms with E-state index in [1.807, 2.05) is 0 Å². The van der Waals surface area contributed by atoms with E-state index < -0.39 is 17.9 Å². The van der Waals surface area contributed by atoms with Crippen LogP contribution in [0.15, 0.2) is 0 Å². The Bertz CT molecular complexity index is 120. The zero-order valence-electron chi connectivity index (χ0n) is 7.94. The van der Waals surface area contributed by atoms with Gasteiger partial charge < -0.3 is 29.7 Å². The molecule has 0 saturated heterocycles. The predicted octanol–water partition coefficient (Wildman–Crippen LogP) is -4.11. The molecule has 0 saturated carbocycles. The normalized spacial score (nSPS) is 5.36. The molecule has 0 aromatic rings. The summed E-state index contributed by atoms with van der Waals surface area (Å²) in [5.74, 6) is -3.25. The molecule has 0 heterocycles. The fourth-order valence-electron chi connectivity index (χ4n) is 0. The average molecular weight is 256 g/mol. The van der Waals surface area contributed by atoms with Crippen LogP contribution < -0.4 is 15.3 Å². The second kappa shape index (κ2) is 22.9. The fraction of sp³-hybridized carbons (Fsp3) is 0.500. The van der Waals surface area contributed by atoms with Gasteiger partial charge in [-0.2, -0.15) is 0 Å². The summed E-state index contributed by atoms with van der Waals surface area (Å²) >= 11 is 0. The quantitative estimate of drug-likeness (QED) is 0.406. The Hall–Kier alpha value is -0.525. The van der Waals surface area contributed by atoms with Crippen molar-refractivity contribution in [3.63, 3.8) is 0 Å². The van der Waals surface area contributed by atoms with Crippen LogP contribution in [0.25, 0.3) is 0 Å². The predicted molar refractivity (Wildman–Crippen MR) is 37.8 cm³/mol. The molecule has 0 atom stereocenters. The van der Waals surface area contributed by atoms with Crippen molar-refractivity contribution in [1.82, 2.24) is 0 Å². The van der Waals surface area contributed by atoms with Gasteiger partial charge in [0, 0.05) is 35.3 Å². The monoisotopic (exact) mass is 256 g/mol. The van der Waals surface area contributed by atoms with Gasteiger partial charge in [0.15, 0.2) is 0 Å². The standard InChI is InChI=1S/3C2H4O2.Al.Cr/c3*1-2(3)4;;/h3*1H3,(H,3,4);;/q;;;+3;/p-3. The minimum atomic E-state index is -1.08. The number of aliphatic carboxylic acids is 3. The molecule has 0 spiro atoms. The fourth-order valence-corrected chi connectivity index (χ4v) is 0. The maximum Gasteiger partial charge on any atom is 3.00 e. The van der Waals surface area contributed by atoms with Gasteiger partial charge in [-0.25, -0.2) is 0 Å². The molecular weight excluding hydrogens is 247 g/mol. The number of carboxylic acids is 3. The minimum absolute atomic E-state index is 0. The largest absolute Gasteiger partial charge is 3.00 e. The summed E-state index contributed by atoms with van der Waals surface area (Å²) in [6.07, 6.45) is 0. The van der Waals surface area contributed by atoms with Crippen LogP contribution in [-0.4, -0.2) is 35.3 Å². The van der Waals surface area contributed by atoms with Gasteiger partial charge >= 0.3 is 17.4 Å². The zero-order valence-corrected chi connectivity index (χ0v) is 10.4. The van der Waals surface area contributed by atoms with Gasteiger partial charge in [0.2, 0.25) is 0 Å². The van der Waals surface area contributed by atoms with Crippen LogP contribution in [0, 0.1) is 0 Å². The van der Waals surface area contributed by atoms with Gasteiger partial charge in [-0.15, -0.1) is 0 Å². The van der Waals surface area contributed by atoms with Crippen LogP contribution in [-0.2, 0) is 31.7 Å². The Labute approximate surface area is 103 Å². The third-order valence-electron chi connectivity index (χ3n) is 0. The Morgan fingerprint density at radius 2 is 0.714 bits per heavy atom. The Morgan fingerprint density at radius 3 is 0.714 bits per heavy atom. The van der Waals surface area contributed by atoms with Gasteiger partial charge in [0.25, 0.3) is 0 Å². The minimum Gasteiger partial charge on any atom is -0.550 e. The van der Waals surface area contributed by atoms with E-state index in [9.17, 15) is 0 Å². The Morgan fingerprint density at radius 1 is 0.714 bits per heavy atom. The van der Waals surface area contributed by atoms with Crippen LogP contribution in [0.2, 0.25) is 0 Å². The topological polar surface area (TPSA) is 120 Å². The molecule has 0 radical (unpaired) electrons. The summed E-state index contributed by atoms with van der Waals surface area (Å²) in [5.41, 5.74) is 0. The molecule has 0 bridgehead atoms. The number of hydrogen-bond acceptors (Lipinski definition) is 6. The molecule has 0 aliphatic rings. The van der Waals surface area contributed by atoms with Crippen LogP contribution in [0.4, 0.5) is 0 Å². The zero-order chi connectivity index (χ0) is 10.7. The first-order valence-corrected chi connectivity index (χ1v) is 2.72. The van der Waals surface area contributed by atoms with E-state index >= 15 is 0 Å². The molecule has 0 amide bonds. The van der Waals surface area contributed by atoms with E-state index in [0.717, 1.165) is 20.8 Å². The molecule has 14 heavy (non-hydrogen) atoms. The van der Waals surface area contributed by atoms with E-state index in [2.05, 4.69) is 0 Å². The molecule has 8 heteroatoms. The van der Waals surface area contributed by atoms with Crippen LogP contribution in [0.3, 0.4) is 0 Å². The summed E-state index contributed by atoms with van der Waals surface area (Å²) in [7, 11) is 0. The number of carboxylic acid groups (broad SMARTS) is 3. The Kier molecular flexibility index (Phi) is 47.7. The maximum absolute atomic E-state index is 8.89. The third-order valence-corrected chi connectivity index (χ3v) is 0. The number of carbonyl (C=O) groups is 3. The van der Waals surface area contributed by atoms with Crippen molar-refractivity contribution in [1.29, 1.82) is 0 Å². The van der Waals surface area contributed by atoms with Crippen molar-refractivity contribution in [2.75, 3.05) is 0 Å². The Balaban J connectivity index is -0.0000000270. The van der Waals surface area contributed by atoms with Crippen molar-refractivity contribution in [3.05, 3.63) is 0 Å². The molecule has 0 aliphatic heterocycles. The van der Waals surface area contributed by atoms with Crippen molar-refractivity contribution >= 4 is 35.3 Å². The number of hydrogen-bond donors (Lipinski definition) is 0. The van der Waals surface area contributed by atoms with Gasteiger partial charge in [0.1, 0.15) is 0 Å². The van der Waals surface area contributed by atoms with Gasteiger partial charge in [0.05, 0.1) is 0 Å². The van der Waals surface area contributed by atoms with Gasteiger partial charge in [-0.3, -0.25) is 0 Å². The second-order valence-electron chi connectivity index (χ2n) is 1.47. The van der Waals surface area contributed by atoms with E-state index in [4.69, 9.17) is 29.7 Å². The molecular formula is C6H9AlCrO6. The third kappa shape index (κ3) is 4570. The molecule has 0 N–H and O–H groups in total. The van der Waals surface area contributed by atoms with Crippen LogP contribution in [0.1, 0.15) is 20.8 Å². The van der Waals surface area contributed by atoms with E-state index in [1.54, 1.807) is 0 Å². The molecule has 6 nitrogen and oxygen atoms in total. The summed E-state index contributed by atoms with van der Waals surface area (Å²) in [6.45, 7) is 2.92. The van der Waals surface area contributed by atoms with Crippen molar-refractivity contribution in [3.8, 4) is 0 Å². The molecule has 0 unspecified atom stereocenters. The molecule has 0 rings (SSSR count). The van der Waals surface area contributed by atoms with Crippen molar-refractivity contribution < 1.29 is 47.1 Å². The molecule has 0 aromatic heterocycles. The first-order chi connectivity index (χ1) is 5.20. The van der Waals surface area contributed by atoms with E-state index in [-0.39, 0.29) is 34.7 Å². The summed E-state index contributed by atoms with van der Waals surface area (Å²) in [4.78, 5) is 26.7. The second-order valence-corrected chi connectivity index (χ2v) is 1.47. The van der Waals surface area contributed by atoms with Crippen molar-refractivity contribution in [2.24, 2.45) is 0 Å².